The number of carbonyl (C=O) groups excluding carboxylic acids is 1. The molecule has 0 bridgehead atoms. The van der Waals surface area contributed by atoms with Crippen molar-refractivity contribution in [3.8, 4) is 5.75 Å². The van der Waals surface area contributed by atoms with Crippen molar-refractivity contribution in [2.24, 2.45) is 0 Å². The van der Waals surface area contributed by atoms with E-state index in [2.05, 4.69) is 15.0 Å². The van der Waals surface area contributed by atoms with Crippen LogP contribution in [0.1, 0.15) is 24.8 Å². The molecule has 2 aromatic carbocycles. The van der Waals surface area contributed by atoms with E-state index in [4.69, 9.17) is 0 Å². The number of piperidine rings is 1. The number of alkyl halides is 3. The molecule has 0 spiro atoms. The number of carbonyl (C=O) groups is 1. The van der Waals surface area contributed by atoms with E-state index in [1.807, 2.05) is 24.3 Å². The molecule has 1 fully saturated rings. The quantitative estimate of drug-likeness (QED) is 0.707. The van der Waals surface area contributed by atoms with Gasteiger partial charge in [-0.15, -0.1) is 13.2 Å². The first kappa shape index (κ1) is 22.0. The summed E-state index contributed by atoms with van der Waals surface area (Å²) in [7, 11) is 1.78. The Morgan fingerprint density at radius 1 is 1.03 bits per heavy atom. The molecule has 0 saturated carbocycles. The summed E-state index contributed by atoms with van der Waals surface area (Å²) in [5.74, 6) is -0.417. The maximum Gasteiger partial charge on any atom is 0.573 e. The molecule has 8 heteroatoms. The molecule has 0 aliphatic carbocycles. The summed E-state index contributed by atoms with van der Waals surface area (Å²) in [5, 5.41) is 2.88. The van der Waals surface area contributed by atoms with Gasteiger partial charge in [0.25, 0.3) is 0 Å². The van der Waals surface area contributed by atoms with Crippen LogP contribution in [0.15, 0.2) is 48.5 Å². The van der Waals surface area contributed by atoms with Crippen LogP contribution in [0.25, 0.3) is 0 Å². The number of ether oxygens (including phenoxy) is 1. The molecule has 0 unspecified atom stereocenters. The smallest absolute Gasteiger partial charge is 0.406 e. The van der Waals surface area contributed by atoms with E-state index < -0.39 is 6.36 Å². The summed E-state index contributed by atoms with van der Waals surface area (Å²) >= 11 is 0. The minimum Gasteiger partial charge on any atom is -0.406 e. The Bertz CT molecular complexity index is 817. The van der Waals surface area contributed by atoms with Crippen LogP contribution in [-0.4, -0.2) is 43.9 Å². The SMILES string of the molecule is CN(CC(=O)Nc1ccc(N2CCCCC2)cc1)Cc1ccc(OC(F)(F)F)cc1. The molecule has 3 rings (SSSR count). The van der Waals surface area contributed by atoms with E-state index in [1.54, 1.807) is 24.1 Å². The van der Waals surface area contributed by atoms with Crippen molar-refractivity contribution in [3.63, 3.8) is 0 Å². The van der Waals surface area contributed by atoms with Crippen LogP contribution in [0.3, 0.4) is 0 Å². The maximum atomic E-state index is 12.3. The summed E-state index contributed by atoms with van der Waals surface area (Å²) in [6, 6.07) is 13.5. The van der Waals surface area contributed by atoms with Crippen molar-refractivity contribution in [3.05, 3.63) is 54.1 Å². The lowest BCUT2D eigenvalue weighted by atomic mass is 10.1. The lowest BCUT2D eigenvalue weighted by Gasteiger charge is -2.28. The Morgan fingerprint density at radius 3 is 2.27 bits per heavy atom. The molecule has 1 amide bonds. The maximum absolute atomic E-state index is 12.3. The van der Waals surface area contributed by atoms with Gasteiger partial charge in [-0.25, -0.2) is 0 Å². The standard InChI is InChI=1S/C22H26F3N3O2/c1-27(15-17-5-11-20(12-6-17)30-22(23,24)25)16-21(29)26-18-7-9-19(10-8-18)28-13-3-2-4-14-28/h5-12H,2-4,13-16H2,1H3,(H,26,29). The van der Waals surface area contributed by atoms with Gasteiger partial charge in [0.1, 0.15) is 5.75 Å². The van der Waals surface area contributed by atoms with Gasteiger partial charge in [0.2, 0.25) is 5.91 Å². The second kappa shape index (κ2) is 9.84. The Morgan fingerprint density at radius 2 is 1.67 bits per heavy atom. The average Bonchev–Trinajstić information content (AvgIpc) is 2.69. The third kappa shape index (κ3) is 6.95. The fourth-order valence-corrected chi connectivity index (χ4v) is 3.52. The number of amides is 1. The number of benzene rings is 2. The third-order valence-electron chi connectivity index (χ3n) is 4.90. The number of nitrogens with zero attached hydrogens (tertiary/aromatic N) is 2. The van der Waals surface area contributed by atoms with E-state index >= 15 is 0 Å². The first-order chi connectivity index (χ1) is 14.3. The van der Waals surface area contributed by atoms with Gasteiger partial charge in [0, 0.05) is 31.0 Å². The minimum atomic E-state index is -4.71. The van der Waals surface area contributed by atoms with Gasteiger partial charge >= 0.3 is 6.36 Å². The number of anilines is 2. The first-order valence-electron chi connectivity index (χ1n) is 9.96. The Balaban J connectivity index is 1.46. The number of rotatable bonds is 7. The largest absolute Gasteiger partial charge is 0.573 e. The molecule has 1 heterocycles. The van der Waals surface area contributed by atoms with Crippen molar-refractivity contribution in [1.82, 2.24) is 4.90 Å². The summed E-state index contributed by atoms with van der Waals surface area (Å²) in [6.45, 7) is 2.72. The first-order valence-corrected chi connectivity index (χ1v) is 9.96. The van der Waals surface area contributed by atoms with Crippen LogP contribution < -0.4 is 15.0 Å². The number of likely N-dealkylation sites (N-methyl/N-ethyl adjacent to an activating group) is 1. The molecular formula is C22H26F3N3O2. The van der Waals surface area contributed by atoms with E-state index in [0.717, 1.165) is 24.3 Å². The molecule has 162 valence electrons. The topological polar surface area (TPSA) is 44.8 Å². The molecule has 0 atom stereocenters. The van der Waals surface area contributed by atoms with Gasteiger partial charge in [-0.1, -0.05) is 12.1 Å². The van der Waals surface area contributed by atoms with Gasteiger partial charge in [0.15, 0.2) is 0 Å². The van der Waals surface area contributed by atoms with Gasteiger partial charge in [-0.3, -0.25) is 9.69 Å². The zero-order valence-corrected chi connectivity index (χ0v) is 16.9. The van der Waals surface area contributed by atoms with Crippen LogP contribution in [-0.2, 0) is 11.3 Å². The van der Waals surface area contributed by atoms with Crippen molar-refractivity contribution in [2.45, 2.75) is 32.2 Å². The summed E-state index contributed by atoms with van der Waals surface area (Å²) < 4.78 is 40.5. The molecule has 0 radical (unpaired) electrons. The van der Waals surface area contributed by atoms with E-state index in [0.29, 0.717) is 6.54 Å². The van der Waals surface area contributed by atoms with E-state index in [-0.39, 0.29) is 18.2 Å². The number of halogens is 3. The van der Waals surface area contributed by atoms with Crippen molar-refractivity contribution in [2.75, 3.05) is 36.9 Å². The summed E-state index contributed by atoms with van der Waals surface area (Å²) in [4.78, 5) is 16.4. The van der Waals surface area contributed by atoms with Gasteiger partial charge in [0.05, 0.1) is 6.54 Å². The van der Waals surface area contributed by atoms with Gasteiger partial charge in [-0.05, 0) is 68.3 Å². The number of hydrogen-bond acceptors (Lipinski definition) is 4. The Kier molecular flexibility index (Phi) is 7.20. The van der Waals surface area contributed by atoms with Crippen molar-refractivity contribution >= 4 is 17.3 Å². The normalized spacial score (nSPS) is 14.6. The van der Waals surface area contributed by atoms with Crippen LogP contribution in [0.2, 0.25) is 0 Å². The molecule has 1 N–H and O–H groups in total. The molecule has 1 aliphatic rings. The summed E-state index contributed by atoms with van der Waals surface area (Å²) in [6.07, 6.45) is -1.00. The molecule has 30 heavy (non-hydrogen) atoms. The lowest BCUT2D eigenvalue weighted by molar-refractivity contribution is -0.274. The number of nitrogens with one attached hydrogen (secondary N) is 1. The average molecular weight is 421 g/mol. The Hall–Kier alpha value is -2.74. The molecule has 2 aromatic rings. The Labute approximate surface area is 174 Å². The van der Waals surface area contributed by atoms with Crippen molar-refractivity contribution in [1.29, 1.82) is 0 Å². The monoisotopic (exact) mass is 421 g/mol. The fourth-order valence-electron chi connectivity index (χ4n) is 3.52. The second-order valence-electron chi connectivity index (χ2n) is 7.51. The van der Waals surface area contributed by atoms with Crippen LogP contribution in [0.4, 0.5) is 24.5 Å². The fraction of sp³-hybridized carbons (Fsp3) is 0.409. The van der Waals surface area contributed by atoms with Gasteiger partial charge in [-0.2, -0.15) is 0 Å². The highest BCUT2D eigenvalue weighted by molar-refractivity contribution is 5.92. The zero-order valence-electron chi connectivity index (χ0n) is 16.9. The lowest BCUT2D eigenvalue weighted by Crippen LogP contribution is -2.30. The second-order valence-corrected chi connectivity index (χ2v) is 7.51. The van der Waals surface area contributed by atoms with E-state index in [1.165, 1.54) is 37.1 Å². The van der Waals surface area contributed by atoms with Crippen LogP contribution in [0, 0.1) is 0 Å². The highest BCUT2D eigenvalue weighted by atomic mass is 19.4. The van der Waals surface area contributed by atoms with Crippen LogP contribution in [0.5, 0.6) is 5.75 Å². The van der Waals surface area contributed by atoms with Crippen molar-refractivity contribution < 1.29 is 22.7 Å². The summed E-state index contributed by atoms with van der Waals surface area (Å²) in [5.41, 5.74) is 2.69. The van der Waals surface area contributed by atoms with Gasteiger partial charge < -0.3 is 15.0 Å². The van der Waals surface area contributed by atoms with Crippen LogP contribution >= 0.6 is 0 Å². The third-order valence-corrected chi connectivity index (χ3v) is 4.90. The van der Waals surface area contributed by atoms with E-state index in [9.17, 15) is 18.0 Å². The highest BCUT2D eigenvalue weighted by Crippen LogP contribution is 2.23. The molecular weight excluding hydrogens is 395 g/mol. The molecule has 5 nitrogen and oxygen atoms in total. The highest BCUT2D eigenvalue weighted by Gasteiger charge is 2.30. The number of hydrogen-bond donors (Lipinski definition) is 1. The molecule has 1 aliphatic heterocycles. The predicted octanol–water partition coefficient (Wildman–Crippen LogP) is 4.65. The molecule has 1 saturated heterocycles. The zero-order chi connectivity index (χ0) is 21.6. The molecule has 0 aromatic heterocycles. The minimum absolute atomic E-state index is 0.153. The predicted molar refractivity (Wildman–Crippen MR) is 111 cm³/mol.